The third-order valence-corrected chi connectivity index (χ3v) is 2.69. The minimum Gasteiger partial charge on any atom is -0.492 e. The molecule has 3 nitrogen and oxygen atoms in total. The number of aromatic nitrogens is 1. The van der Waals surface area contributed by atoms with Gasteiger partial charge in [-0.1, -0.05) is 0 Å². The second kappa shape index (κ2) is 5.47. The molecule has 0 amide bonds. The Hall–Kier alpha value is -0.610. The number of hydrogen-bond donors (Lipinski definition) is 0. The van der Waals surface area contributed by atoms with Crippen LogP contribution in [0.3, 0.4) is 0 Å². The number of hydrogen-bond acceptors (Lipinski definition) is 3. The molecule has 0 saturated heterocycles. The molecule has 0 radical (unpaired) electrons. The van der Waals surface area contributed by atoms with Crippen LogP contribution >= 0.6 is 15.9 Å². The Bertz CT molecular complexity index is 298. The van der Waals surface area contributed by atoms with Gasteiger partial charge in [0.05, 0.1) is 18.4 Å². The van der Waals surface area contributed by atoms with Crippen molar-refractivity contribution < 1.29 is 9.47 Å². The molecule has 0 aromatic carbocycles. The van der Waals surface area contributed by atoms with Gasteiger partial charge in [0.25, 0.3) is 0 Å². The van der Waals surface area contributed by atoms with Gasteiger partial charge in [0.2, 0.25) is 0 Å². The summed E-state index contributed by atoms with van der Waals surface area (Å²) in [6.07, 6.45) is 2.55. The minimum absolute atomic E-state index is 0.136. The summed E-state index contributed by atoms with van der Waals surface area (Å²) in [5, 5.41) is 0. The molecule has 0 aliphatic carbocycles. The van der Waals surface area contributed by atoms with Gasteiger partial charge in [-0.15, -0.1) is 0 Å². The zero-order valence-corrected chi connectivity index (χ0v) is 10.9. The molecule has 1 rings (SSSR count). The lowest BCUT2D eigenvalue weighted by atomic mass is 10.1. The molecule has 0 fully saturated rings. The summed E-state index contributed by atoms with van der Waals surface area (Å²) in [5.74, 6) is 0.783. The average molecular weight is 274 g/mol. The van der Waals surface area contributed by atoms with E-state index in [1.807, 2.05) is 26.0 Å². The predicted octanol–water partition coefficient (Wildman–Crippen LogP) is 3.04. The van der Waals surface area contributed by atoms with E-state index < -0.39 is 0 Å². The van der Waals surface area contributed by atoms with Crippen LogP contribution in [0.2, 0.25) is 0 Å². The van der Waals surface area contributed by atoms with Crippen LogP contribution in [0.1, 0.15) is 20.3 Å². The first kappa shape index (κ1) is 12.5. The van der Waals surface area contributed by atoms with Crippen molar-refractivity contribution in [1.82, 2.24) is 4.98 Å². The molecule has 0 unspecified atom stereocenters. The largest absolute Gasteiger partial charge is 0.492 e. The Morgan fingerprint density at radius 2 is 2.13 bits per heavy atom. The highest BCUT2D eigenvalue weighted by Gasteiger charge is 2.15. The summed E-state index contributed by atoms with van der Waals surface area (Å²) in [4.78, 5) is 4.07. The van der Waals surface area contributed by atoms with Crippen molar-refractivity contribution in [3.8, 4) is 5.75 Å². The van der Waals surface area contributed by atoms with Crippen LogP contribution in [0.15, 0.2) is 22.9 Å². The molecular weight excluding hydrogens is 258 g/mol. The van der Waals surface area contributed by atoms with Crippen molar-refractivity contribution in [3.63, 3.8) is 0 Å². The van der Waals surface area contributed by atoms with Crippen LogP contribution in [-0.4, -0.2) is 24.3 Å². The van der Waals surface area contributed by atoms with Gasteiger partial charge < -0.3 is 9.47 Å². The van der Waals surface area contributed by atoms with E-state index in [2.05, 4.69) is 20.9 Å². The van der Waals surface area contributed by atoms with E-state index in [-0.39, 0.29) is 5.60 Å². The molecule has 15 heavy (non-hydrogen) atoms. The Labute approximate surface area is 98.9 Å². The molecule has 0 N–H and O–H groups in total. The van der Waals surface area contributed by atoms with E-state index in [0.29, 0.717) is 6.61 Å². The highest BCUT2D eigenvalue weighted by atomic mass is 79.9. The fourth-order valence-corrected chi connectivity index (χ4v) is 1.20. The Morgan fingerprint density at radius 3 is 2.67 bits per heavy atom. The quantitative estimate of drug-likeness (QED) is 0.773. The highest BCUT2D eigenvalue weighted by molar-refractivity contribution is 9.10. The smallest absolute Gasteiger partial charge is 0.137 e. The molecule has 0 saturated carbocycles. The topological polar surface area (TPSA) is 31.4 Å². The molecular formula is C11H16BrNO2. The molecule has 0 spiro atoms. The Kier molecular flexibility index (Phi) is 4.54. The van der Waals surface area contributed by atoms with Gasteiger partial charge in [0.1, 0.15) is 10.4 Å². The lowest BCUT2D eigenvalue weighted by Crippen LogP contribution is -2.25. The van der Waals surface area contributed by atoms with E-state index in [4.69, 9.17) is 9.47 Å². The van der Waals surface area contributed by atoms with Gasteiger partial charge >= 0.3 is 0 Å². The zero-order valence-electron chi connectivity index (χ0n) is 9.29. The highest BCUT2D eigenvalue weighted by Crippen LogP contribution is 2.16. The fourth-order valence-electron chi connectivity index (χ4n) is 0.964. The van der Waals surface area contributed by atoms with Crippen LogP contribution in [-0.2, 0) is 4.74 Å². The third kappa shape index (κ3) is 4.62. The summed E-state index contributed by atoms with van der Waals surface area (Å²) >= 11 is 3.27. The number of nitrogens with zero attached hydrogens (tertiary/aromatic N) is 1. The predicted molar refractivity (Wildman–Crippen MR) is 63.1 cm³/mol. The fraction of sp³-hybridized carbons (Fsp3) is 0.545. The van der Waals surface area contributed by atoms with Crippen LogP contribution in [0.4, 0.5) is 0 Å². The minimum atomic E-state index is -0.136. The van der Waals surface area contributed by atoms with Crippen molar-refractivity contribution in [2.75, 3.05) is 13.7 Å². The van der Waals surface area contributed by atoms with Crippen molar-refractivity contribution in [2.24, 2.45) is 0 Å². The summed E-state index contributed by atoms with van der Waals surface area (Å²) in [7, 11) is 1.71. The summed E-state index contributed by atoms with van der Waals surface area (Å²) in [5.41, 5.74) is -0.136. The molecule has 0 aliphatic heterocycles. The van der Waals surface area contributed by atoms with Gasteiger partial charge in [-0.05, 0) is 41.9 Å². The van der Waals surface area contributed by atoms with Gasteiger partial charge in [0.15, 0.2) is 0 Å². The summed E-state index contributed by atoms with van der Waals surface area (Å²) in [6, 6.07) is 3.74. The second-order valence-electron chi connectivity index (χ2n) is 3.88. The standard InChI is InChI=1S/C11H16BrNO2/c1-11(2,14-3)6-7-15-9-4-5-10(12)13-8-9/h4-5,8H,6-7H2,1-3H3. The van der Waals surface area contributed by atoms with E-state index in [0.717, 1.165) is 16.8 Å². The molecule has 1 heterocycles. The van der Waals surface area contributed by atoms with E-state index >= 15 is 0 Å². The Morgan fingerprint density at radius 1 is 1.40 bits per heavy atom. The summed E-state index contributed by atoms with van der Waals surface area (Å²) in [6.45, 7) is 4.70. The van der Waals surface area contributed by atoms with Gasteiger partial charge in [0, 0.05) is 13.5 Å². The number of rotatable bonds is 5. The summed E-state index contributed by atoms with van der Waals surface area (Å²) < 4.78 is 11.6. The number of methoxy groups -OCH3 is 1. The molecule has 0 aliphatic rings. The van der Waals surface area contributed by atoms with Gasteiger partial charge in [-0.3, -0.25) is 0 Å². The lowest BCUT2D eigenvalue weighted by molar-refractivity contribution is 0.00542. The maximum atomic E-state index is 5.54. The molecule has 0 bridgehead atoms. The van der Waals surface area contributed by atoms with Crippen molar-refractivity contribution in [2.45, 2.75) is 25.9 Å². The van der Waals surface area contributed by atoms with Crippen molar-refractivity contribution in [3.05, 3.63) is 22.9 Å². The SMILES string of the molecule is COC(C)(C)CCOc1ccc(Br)nc1. The first-order chi connectivity index (χ1) is 7.03. The maximum Gasteiger partial charge on any atom is 0.137 e. The van der Waals surface area contributed by atoms with Crippen LogP contribution < -0.4 is 4.74 Å². The van der Waals surface area contributed by atoms with E-state index in [1.54, 1.807) is 13.3 Å². The first-order valence-corrected chi connectivity index (χ1v) is 5.62. The van der Waals surface area contributed by atoms with Gasteiger partial charge in [-0.2, -0.15) is 0 Å². The molecule has 4 heteroatoms. The first-order valence-electron chi connectivity index (χ1n) is 4.83. The molecule has 1 aromatic rings. The van der Waals surface area contributed by atoms with Crippen molar-refractivity contribution >= 4 is 15.9 Å². The lowest BCUT2D eigenvalue weighted by Gasteiger charge is -2.22. The number of ether oxygens (including phenoxy) is 2. The second-order valence-corrected chi connectivity index (χ2v) is 4.69. The van der Waals surface area contributed by atoms with Crippen LogP contribution in [0.5, 0.6) is 5.75 Å². The molecule has 84 valence electrons. The normalized spacial score (nSPS) is 11.5. The van der Waals surface area contributed by atoms with E-state index in [1.165, 1.54) is 0 Å². The maximum absolute atomic E-state index is 5.54. The van der Waals surface area contributed by atoms with E-state index in [9.17, 15) is 0 Å². The van der Waals surface area contributed by atoms with Crippen molar-refractivity contribution in [1.29, 1.82) is 0 Å². The van der Waals surface area contributed by atoms with Gasteiger partial charge in [-0.25, -0.2) is 4.98 Å². The molecule has 1 aromatic heterocycles. The monoisotopic (exact) mass is 273 g/mol. The Balaban J connectivity index is 2.35. The number of halogens is 1. The molecule has 0 atom stereocenters. The van der Waals surface area contributed by atoms with Crippen LogP contribution in [0, 0.1) is 0 Å². The van der Waals surface area contributed by atoms with Crippen LogP contribution in [0.25, 0.3) is 0 Å². The zero-order chi connectivity index (χ0) is 11.3. The average Bonchev–Trinajstić information content (AvgIpc) is 2.21. The third-order valence-electron chi connectivity index (χ3n) is 2.23. The number of pyridine rings is 1.